The number of nitrogens with one attached hydrogen (secondary N) is 1. The molecule has 0 aliphatic rings. The number of hydrogen-bond donors (Lipinski definition) is 1. The molecule has 0 unspecified atom stereocenters. The van der Waals surface area contributed by atoms with Gasteiger partial charge >= 0.3 is 5.97 Å². The number of carbonyl (C=O) groups excluding carboxylic acids is 2. The Labute approximate surface area is 196 Å². The van der Waals surface area contributed by atoms with Crippen LogP contribution < -0.4 is 15.5 Å². The van der Waals surface area contributed by atoms with Gasteiger partial charge in [-0.05, 0) is 23.6 Å². The van der Waals surface area contributed by atoms with Crippen molar-refractivity contribution in [2.24, 2.45) is 0 Å². The maximum atomic E-state index is 13.7. The van der Waals surface area contributed by atoms with Crippen LogP contribution in [0.3, 0.4) is 0 Å². The number of aromatic nitrogens is 2. The van der Waals surface area contributed by atoms with Crippen LogP contribution in [0.1, 0.15) is 25.8 Å². The molecule has 1 amide bonds. The van der Waals surface area contributed by atoms with Crippen molar-refractivity contribution >= 4 is 51.4 Å². The third-order valence-corrected chi connectivity index (χ3v) is 6.79. The van der Waals surface area contributed by atoms with E-state index in [1.807, 2.05) is 0 Å². The highest BCUT2D eigenvalue weighted by atomic mass is 32.2. The SMILES string of the molecule is O=C(Nc1nnc(SCc2cc(=O)c(OC(=O)c3c(F)cccc3F)co2)s1)c1cccs1. The van der Waals surface area contributed by atoms with Gasteiger partial charge < -0.3 is 9.15 Å². The first kappa shape index (κ1) is 22.8. The van der Waals surface area contributed by atoms with Crippen LogP contribution in [0.15, 0.2) is 61.6 Å². The number of thioether (sulfide) groups is 1. The summed E-state index contributed by atoms with van der Waals surface area (Å²) in [5.74, 6) is -3.94. The van der Waals surface area contributed by atoms with Crippen LogP contribution in [0, 0.1) is 11.6 Å². The highest BCUT2D eigenvalue weighted by Crippen LogP contribution is 2.29. The van der Waals surface area contributed by atoms with Crippen molar-refractivity contribution in [1.82, 2.24) is 10.2 Å². The number of anilines is 1. The van der Waals surface area contributed by atoms with Gasteiger partial charge in [0.05, 0.1) is 10.6 Å². The van der Waals surface area contributed by atoms with E-state index in [0.717, 1.165) is 41.9 Å². The van der Waals surface area contributed by atoms with Crippen molar-refractivity contribution in [3.8, 4) is 5.75 Å². The van der Waals surface area contributed by atoms with Gasteiger partial charge in [0, 0.05) is 6.07 Å². The summed E-state index contributed by atoms with van der Waals surface area (Å²) in [7, 11) is 0. The molecule has 13 heteroatoms. The maximum Gasteiger partial charge on any atom is 0.349 e. The molecule has 0 bridgehead atoms. The lowest BCUT2D eigenvalue weighted by atomic mass is 10.2. The lowest BCUT2D eigenvalue weighted by Crippen LogP contribution is -2.17. The number of halogens is 2. The average molecular weight is 508 g/mol. The van der Waals surface area contributed by atoms with Gasteiger partial charge in [0.1, 0.15) is 29.2 Å². The normalized spacial score (nSPS) is 10.7. The fourth-order valence-corrected chi connectivity index (χ4v) is 4.71. The van der Waals surface area contributed by atoms with Crippen LogP contribution >= 0.6 is 34.4 Å². The lowest BCUT2D eigenvalue weighted by molar-refractivity contribution is 0.0718. The number of nitrogens with zero attached hydrogens (tertiary/aromatic N) is 2. The second-order valence-corrected chi connectivity index (χ2v) is 9.30. The molecule has 0 aliphatic carbocycles. The van der Waals surface area contributed by atoms with Gasteiger partial charge in [0.2, 0.25) is 16.3 Å². The molecule has 0 radical (unpaired) electrons. The Morgan fingerprint density at radius 2 is 1.94 bits per heavy atom. The highest BCUT2D eigenvalue weighted by molar-refractivity contribution is 8.00. The van der Waals surface area contributed by atoms with Crippen molar-refractivity contribution in [3.05, 3.63) is 86.1 Å². The third-order valence-electron chi connectivity index (χ3n) is 3.93. The second-order valence-electron chi connectivity index (χ2n) is 6.15. The molecule has 0 saturated carbocycles. The number of thiophene rings is 1. The van der Waals surface area contributed by atoms with Gasteiger partial charge in [-0.3, -0.25) is 14.9 Å². The van der Waals surface area contributed by atoms with E-state index in [2.05, 4.69) is 15.5 Å². The molecular weight excluding hydrogens is 496 g/mol. The summed E-state index contributed by atoms with van der Waals surface area (Å²) in [6.07, 6.45) is 0.891. The van der Waals surface area contributed by atoms with Gasteiger partial charge in [-0.1, -0.05) is 35.2 Å². The second kappa shape index (κ2) is 10.0. The summed E-state index contributed by atoms with van der Waals surface area (Å²) in [4.78, 5) is 36.8. The molecule has 1 N–H and O–H groups in total. The summed E-state index contributed by atoms with van der Waals surface area (Å²) in [6.45, 7) is 0. The number of amides is 1. The molecule has 8 nitrogen and oxygen atoms in total. The van der Waals surface area contributed by atoms with Crippen LogP contribution in [-0.4, -0.2) is 22.1 Å². The zero-order chi connectivity index (χ0) is 23.4. The monoisotopic (exact) mass is 507 g/mol. The van der Waals surface area contributed by atoms with Crippen molar-refractivity contribution in [3.63, 3.8) is 0 Å². The van der Waals surface area contributed by atoms with E-state index in [9.17, 15) is 23.2 Å². The molecule has 3 aromatic heterocycles. The number of rotatable bonds is 7. The van der Waals surface area contributed by atoms with Crippen molar-refractivity contribution in [1.29, 1.82) is 0 Å². The van der Waals surface area contributed by atoms with E-state index < -0.39 is 34.3 Å². The standard InChI is InChI=1S/C20H11F2N3O5S3/c21-11-3-1-4-12(22)16(11)18(28)30-14-8-29-10(7-13(14)26)9-32-20-25-24-19(33-20)23-17(27)15-5-2-6-31-15/h1-8H,9H2,(H,23,24,27). The largest absolute Gasteiger partial charge is 0.464 e. The Morgan fingerprint density at radius 1 is 1.15 bits per heavy atom. The Morgan fingerprint density at radius 3 is 2.64 bits per heavy atom. The number of ether oxygens (including phenoxy) is 1. The summed E-state index contributed by atoms with van der Waals surface area (Å²) in [6, 6.07) is 7.43. The topological polar surface area (TPSA) is 111 Å². The molecule has 3 heterocycles. The zero-order valence-corrected chi connectivity index (χ0v) is 18.7. The Balaban J connectivity index is 1.36. The minimum Gasteiger partial charge on any atom is -0.464 e. The first-order valence-corrected chi connectivity index (χ1v) is 11.7. The molecule has 0 spiro atoms. The number of esters is 1. The van der Waals surface area contributed by atoms with E-state index in [0.29, 0.717) is 14.3 Å². The van der Waals surface area contributed by atoms with Gasteiger partial charge in [0.15, 0.2) is 4.34 Å². The summed E-state index contributed by atoms with van der Waals surface area (Å²) in [5.41, 5.74) is -1.61. The molecule has 33 heavy (non-hydrogen) atoms. The van der Waals surface area contributed by atoms with Crippen molar-refractivity contribution in [2.45, 2.75) is 10.1 Å². The Hall–Kier alpha value is -3.42. The first-order chi connectivity index (χ1) is 15.9. The van der Waals surface area contributed by atoms with E-state index >= 15 is 0 Å². The molecule has 4 rings (SSSR count). The zero-order valence-electron chi connectivity index (χ0n) is 16.2. The van der Waals surface area contributed by atoms with Gasteiger partial charge in [-0.2, -0.15) is 0 Å². The molecule has 0 fully saturated rings. The fourth-order valence-electron chi connectivity index (χ4n) is 2.45. The minimum atomic E-state index is -1.36. The van der Waals surface area contributed by atoms with E-state index in [1.165, 1.54) is 23.1 Å². The van der Waals surface area contributed by atoms with E-state index in [1.54, 1.807) is 17.5 Å². The van der Waals surface area contributed by atoms with E-state index in [4.69, 9.17) is 9.15 Å². The minimum absolute atomic E-state index is 0.193. The summed E-state index contributed by atoms with van der Waals surface area (Å²) >= 11 is 3.65. The van der Waals surface area contributed by atoms with Crippen LogP contribution in [0.4, 0.5) is 13.9 Å². The van der Waals surface area contributed by atoms with Gasteiger partial charge in [-0.15, -0.1) is 21.5 Å². The van der Waals surface area contributed by atoms with E-state index in [-0.39, 0.29) is 17.4 Å². The van der Waals surface area contributed by atoms with Crippen LogP contribution in [0.2, 0.25) is 0 Å². The molecule has 4 aromatic rings. The molecule has 0 aliphatic heterocycles. The maximum absolute atomic E-state index is 13.7. The van der Waals surface area contributed by atoms with Gasteiger partial charge in [0.25, 0.3) is 5.91 Å². The summed E-state index contributed by atoms with van der Waals surface area (Å²) < 4.78 is 38.0. The molecular formula is C20H11F2N3O5S3. The Bertz CT molecular complexity index is 1350. The highest BCUT2D eigenvalue weighted by Gasteiger charge is 2.21. The quantitative estimate of drug-likeness (QED) is 0.220. The van der Waals surface area contributed by atoms with Crippen LogP contribution in [-0.2, 0) is 5.75 Å². The van der Waals surface area contributed by atoms with Crippen molar-refractivity contribution < 1.29 is 27.5 Å². The number of carbonyl (C=O) groups is 2. The number of benzene rings is 1. The van der Waals surface area contributed by atoms with Crippen LogP contribution in [0.5, 0.6) is 5.75 Å². The van der Waals surface area contributed by atoms with Gasteiger partial charge in [-0.25, -0.2) is 13.6 Å². The summed E-state index contributed by atoms with van der Waals surface area (Å²) in [5, 5.41) is 12.6. The molecule has 1 aromatic carbocycles. The molecule has 0 atom stereocenters. The number of hydrogen-bond acceptors (Lipinski definition) is 10. The smallest absolute Gasteiger partial charge is 0.349 e. The molecule has 0 saturated heterocycles. The first-order valence-electron chi connectivity index (χ1n) is 9.00. The average Bonchev–Trinajstić information content (AvgIpc) is 3.46. The predicted molar refractivity (Wildman–Crippen MR) is 118 cm³/mol. The fraction of sp³-hybridized carbons (Fsp3) is 0.0500. The predicted octanol–water partition coefficient (Wildman–Crippen LogP) is 4.59. The molecule has 168 valence electrons. The Kier molecular flexibility index (Phi) is 6.91. The van der Waals surface area contributed by atoms with Crippen LogP contribution in [0.25, 0.3) is 0 Å². The third kappa shape index (κ3) is 5.50. The lowest BCUT2D eigenvalue weighted by Gasteiger charge is -2.06. The van der Waals surface area contributed by atoms with Crippen molar-refractivity contribution in [2.75, 3.05) is 5.32 Å².